The molecule has 0 radical (unpaired) electrons. The summed E-state index contributed by atoms with van der Waals surface area (Å²) in [5, 5.41) is 3.52. The SMILES string of the molecule is CCCCCCOc1ccccc1CNCc1ccc(Oc2ccccc2)cc1. The summed E-state index contributed by atoms with van der Waals surface area (Å²) in [6.07, 6.45) is 4.88. The van der Waals surface area contributed by atoms with Crippen molar-refractivity contribution in [1.29, 1.82) is 0 Å². The summed E-state index contributed by atoms with van der Waals surface area (Å²) in [7, 11) is 0. The van der Waals surface area contributed by atoms with Crippen LogP contribution in [0.5, 0.6) is 17.2 Å². The average molecular weight is 390 g/mol. The van der Waals surface area contributed by atoms with Gasteiger partial charge in [-0.25, -0.2) is 0 Å². The van der Waals surface area contributed by atoms with E-state index in [-0.39, 0.29) is 0 Å². The highest BCUT2D eigenvalue weighted by atomic mass is 16.5. The molecule has 3 nitrogen and oxygen atoms in total. The van der Waals surface area contributed by atoms with Gasteiger partial charge in [0.05, 0.1) is 6.61 Å². The Morgan fingerprint density at radius 3 is 2.21 bits per heavy atom. The van der Waals surface area contributed by atoms with Gasteiger partial charge in [-0.1, -0.05) is 74.7 Å². The van der Waals surface area contributed by atoms with Crippen LogP contribution < -0.4 is 14.8 Å². The first-order chi connectivity index (χ1) is 14.3. The number of rotatable bonds is 12. The third-order valence-corrected chi connectivity index (χ3v) is 4.77. The third-order valence-electron chi connectivity index (χ3n) is 4.77. The molecule has 3 rings (SSSR count). The summed E-state index contributed by atoms with van der Waals surface area (Å²) in [5.74, 6) is 2.69. The Bertz CT molecular complexity index is 831. The summed E-state index contributed by atoms with van der Waals surface area (Å²) in [6.45, 7) is 4.61. The minimum Gasteiger partial charge on any atom is -0.493 e. The van der Waals surface area contributed by atoms with Crippen molar-refractivity contribution < 1.29 is 9.47 Å². The van der Waals surface area contributed by atoms with Gasteiger partial charge >= 0.3 is 0 Å². The second kappa shape index (κ2) is 11.9. The van der Waals surface area contributed by atoms with Crippen LogP contribution in [0.2, 0.25) is 0 Å². The Hall–Kier alpha value is -2.78. The van der Waals surface area contributed by atoms with E-state index in [4.69, 9.17) is 9.47 Å². The van der Waals surface area contributed by atoms with Gasteiger partial charge in [-0.2, -0.15) is 0 Å². The normalized spacial score (nSPS) is 10.7. The van der Waals surface area contributed by atoms with E-state index < -0.39 is 0 Å². The molecule has 0 aliphatic rings. The Morgan fingerprint density at radius 1 is 0.690 bits per heavy atom. The summed E-state index contributed by atoms with van der Waals surface area (Å²) < 4.78 is 11.9. The van der Waals surface area contributed by atoms with Crippen LogP contribution in [-0.2, 0) is 13.1 Å². The maximum atomic E-state index is 6.00. The molecule has 0 fully saturated rings. The Balaban J connectivity index is 1.45. The molecule has 0 aliphatic heterocycles. The molecule has 1 N–H and O–H groups in total. The Kier molecular flexibility index (Phi) is 8.61. The molecule has 3 aromatic carbocycles. The number of ether oxygens (including phenoxy) is 2. The van der Waals surface area contributed by atoms with E-state index in [2.05, 4.69) is 42.6 Å². The molecule has 29 heavy (non-hydrogen) atoms. The van der Waals surface area contributed by atoms with E-state index in [9.17, 15) is 0 Å². The summed E-state index contributed by atoms with van der Waals surface area (Å²) >= 11 is 0. The Morgan fingerprint density at radius 2 is 1.41 bits per heavy atom. The lowest BCUT2D eigenvalue weighted by molar-refractivity contribution is 0.301. The van der Waals surface area contributed by atoms with Gasteiger partial charge in [0.2, 0.25) is 0 Å². The number of hydrogen-bond acceptors (Lipinski definition) is 3. The van der Waals surface area contributed by atoms with E-state index in [1.165, 1.54) is 30.4 Å². The highest BCUT2D eigenvalue weighted by Gasteiger charge is 2.03. The van der Waals surface area contributed by atoms with Gasteiger partial charge in [-0.3, -0.25) is 0 Å². The Labute approximate surface area is 174 Å². The molecule has 0 spiro atoms. The zero-order chi connectivity index (χ0) is 20.2. The van der Waals surface area contributed by atoms with E-state index >= 15 is 0 Å². The number of hydrogen-bond donors (Lipinski definition) is 1. The van der Waals surface area contributed by atoms with Crippen molar-refractivity contribution in [2.24, 2.45) is 0 Å². The largest absolute Gasteiger partial charge is 0.493 e. The number of benzene rings is 3. The van der Waals surface area contributed by atoms with Gasteiger partial charge in [0.25, 0.3) is 0 Å². The predicted molar refractivity (Wildman–Crippen MR) is 120 cm³/mol. The zero-order valence-electron chi connectivity index (χ0n) is 17.3. The van der Waals surface area contributed by atoms with Crippen molar-refractivity contribution in [1.82, 2.24) is 5.32 Å². The van der Waals surface area contributed by atoms with E-state index in [1.807, 2.05) is 48.5 Å². The predicted octanol–water partition coefficient (Wildman–Crippen LogP) is 6.73. The van der Waals surface area contributed by atoms with Crippen LogP contribution in [0.1, 0.15) is 43.7 Å². The number of nitrogens with one attached hydrogen (secondary N) is 1. The van der Waals surface area contributed by atoms with Crippen LogP contribution in [0.15, 0.2) is 78.9 Å². The molecule has 3 heteroatoms. The minimum absolute atomic E-state index is 0.785. The summed E-state index contributed by atoms with van der Waals surface area (Å²) in [5.41, 5.74) is 2.43. The van der Waals surface area contributed by atoms with Gasteiger partial charge in [0.15, 0.2) is 0 Å². The first-order valence-corrected chi connectivity index (χ1v) is 10.6. The summed E-state index contributed by atoms with van der Waals surface area (Å²) in [4.78, 5) is 0. The molecule has 0 aliphatic carbocycles. The van der Waals surface area contributed by atoms with Crippen molar-refractivity contribution in [2.75, 3.05) is 6.61 Å². The quantitative estimate of drug-likeness (QED) is 0.348. The van der Waals surface area contributed by atoms with Gasteiger partial charge in [-0.15, -0.1) is 0 Å². The third kappa shape index (κ3) is 7.28. The van der Waals surface area contributed by atoms with E-state index in [1.54, 1.807) is 0 Å². The summed E-state index contributed by atoms with van der Waals surface area (Å²) in [6, 6.07) is 26.4. The number of unbranched alkanes of at least 4 members (excludes halogenated alkanes) is 3. The van der Waals surface area contributed by atoms with Gasteiger partial charge in [0, 0.05) is 18.7 Å². The lowest BCUT2D eigenvalue weighted by atomic mass is 10.1. The minimum atomic E-state index is 0.785. The van der Waals surface area contributed by atoms with E-state index in [0.29, 0.717) is 0 Å². The maximum Gasteiger partial charge on any atom is 0.127 e. The highest BCUT2D eigenvalue weighted by Crippen LogP contribution is 2.22. The van der Waals surface area contributed by atoms with Crippen molar-refractivity contribution >= 4 is 0 Å². The second-order valence-electron chi connectivity index (χ2n) is 7.18. The molecule has 0 unspecified atom stereocenters. The maximum absolute atomic E-state index is 6.00. The fourth-order valence-electron chi connectivity index (χ4n) is 3.14. The van der Waals surface area contributed by atoms with Crippen LogP contribution in [0.4, 0.5) is 0 Å². The van der Waals surface area contributed by atoms with Crippen molar-refractivity contribution in [3.8, 4) is 17.2 Å². The molecule has 0 heterocycles. The number of para-hydroxylation sites is 2. The van der Waals surface area contributed by atoms with Gasteiger partial charge < -0.3 is 14.8 Å². The molecular formula is C26H31NO2. The topological polar surface area (TPSA) is 30.5 Å². The first-order valence-electron chi connectivity index (χ1n) is 10.6. The van der Waals surface area contributed by atoms with Crippen LogP contribution in [0, 0.1) is 0 Å². The molecule has 3 aromatic rings. The highest BCUT2D eigenvalue weighted by molar-refractivity contribution is 5.34. The zero-order valence-corrected chi connectivity index (χ0v) is 17.3. The molecule has 0 atom stereocenters. The van der Waals surface area contributed by atoms with Gasteiger partial charge in [-0.05, 0) is 42.3 Å². The average Bonchev–Trinajstić information content (AvgIpc) is 2.76. The fourth-order valence-corrected chi connectivity index (χ4v) is 3.14. The monoisotopic (exact) mass is 389 g/mol. The van der Waals surface area contributed by atoms with E-state index in [0.717, 1.165) is 43.4 Å². The second-order valence-corrected chi connectivity index (χ2v) is 7.18. The molecule has 0 saturated carbocycles. The molecule has 0 aromatic heterocycles. The van der Waals surface area contributed by atoms with Crippen LogP contribution >= 0.6 is 0 Å². The van der Waals surface area contributed by atoms with Crippen molar-refractivity contribution in [3.05, 3.63) is 90.0 Å². The standard InChI is InChI=1S/C26H31NO2/c1-2-3-4-10-19-28-26-14-9-8-11-23(26)21-27-20-22-15-17-25(18-16-22)29-24-12-6-5-7-13-24/h5-9,11-18,27H,2-4,10,19-21H2,1H3. The fraction of sp³-hybridized carbons (Fsp3) is 0.308. The molecule has 0 amide bonds. The molecule has 152 valence electrons. The molecule has 0 saturated heterocycles. The molecule has 0 bridgehead atoms. The smallest absolute Gasteiger partial charge is 0.127 e. The van der Waals surface area contributed by atoms with Crippen molar-refractivity contribution in [2.45, 2.75) is 45.7 Å². The molecular weight excluding hydrogens is 358 g/mol. The van der Waals surface area contributed by atoms with Crippen LogP contribution in [-0.4, -0.2) is 6.61 Å². The van der Waals surface area contributed by atoms with Crippen LogP contribution in [0.25, 0.3) is 0 Å². The van der Waals surface area contributed by atoms with Gasteiger partial charge in [0.1, 0.15) is 17.2 Å². The van der Waals surface area contributed by atoms with Crippen LogP contribution in [0.3, 0.4) is 0 Å². The van der Waals surface area contributed by atoms with Crippen molar-refractivity contribution in [3.63, 3.8) is 0 Å². The first kappa shape index (κ1) is 20.9. The lowest BCUT2D eigenvalue weighted by Crippen LogP contribution is -2.13. The lowest BCUT2D eigenvalue weighted by Gasteiger charge is -2.12.